The zero-order chi connectivity index (χ0) is 25.5. The van der Waals surface area contributed by atoms with Crippen molar-refractivity contribution in [3.05, 3.63) is 71.8 Å². The first kappa shape index (κ1) is 25.4. The molecular formula is C25H24N2O7S. The van der Waals surface area contributed by atoms with Gasteiger partial charge in [-0.05, 0) is 67.6 Å². The van der Waals surface area contributed by atoms with E-state index in [1.165, 1.54) is 44.2 Å². The van der Waals surface area contributed by atoms with Gasteiger partial charge >= 0.3 is 5.97 Å². The third-order valence-corrected chi connectivity index (χ3v) is 6.05. The van der Waals surface area contributed by atoms with Crippen molar-refractivity contribution < 1.29 is 34.1 Å². The molecule has 9 nitrogen and oxygen atoms in total. The predicted octanol–water partition coefficient (Wildman–Crippen LogP) is 4.48. The van der Waals surface area contributed by atoms with Crippen molar-refractivity contribution >= 4 is 40.9 Å². The quantitative estimate of drug-likeness (QED) is 0.252. The van der Waals surface area contributed by atoms with Gasteiger partial charge in [0.15, 0.2) is 11.5 Å². The highest BCUT2D eigenvalue weighted by Crippen LogP contribution is 2.29. The Morgan fingerprint density at radius 1 is 0.857 bits per heavy atom. The summed E-state index contributed by atoms with van der Waals surface area (Å²) in [5, 5.41) is 23.7. The molecule has 10 heteroatoms. The minimum Gasteiger partial charge on any atom is -0.507 e. The number of nitrogens with one attached hydrogen (secondary N) is 2. The second kappa shape index (κ2) is 11.3. The number of phenols is 1. The Kier molecular flexibility index (Phi) is 8.21. The number of carboxylic acids is 1. The Hall–Kier alpha value is -4.18. The van der Waals surface area contributed by atoms with Crippen LogP contribution in [0.25, 0.3) is 0 Å². The van der Waals surface area contributed by atoms with Gasteiger partial charge in [-0.2, -0.15) is 0 Å². The van der Waals surface area contributed by atoms with Crippen molar-refractivity contribution in [2.45, 2.75) is 17.1 Å². The van der Waals surface area contributed by atoms with Crippen molar-refractivity contribution in [1.82, 2.24) is 0 Å². The molecule has 0 aliphatic rings. The third-order valence-electron chi connectivity index (χ3n) is 4.93. The summed E-state index contributed by atoms with van der Waals surface area (Å²) in [7, 11) is 3.01. The zero-order valence-corrected chi connectivity index (χ0v) is 20.0. The number of amides is 2. The van der Waals surface area contributed by atoms with Crippen molar-refractivity contribution in [1.29, 1.82) is 0 Å². The molecular weight excluding hydrogens is 472 g/mol. The first-order chi connectivity index (χ1) is 16.7. The molecule has 1 atom stereocenters. The van der Waals surface area contributed by atoms with Gasteiger partial charge in [0.2, 0.25) is 5.91 Å². The molecule has 0 aliphatic heterocycles. The number of rotatable bonds is 9. The third kappa shape index (κ3) is 6.45. The molecule has 3 rings (SSSR count). The highest BCUT2D eigenvalue weighted by molar-refractivity contribution is 8.00. The molecule has 0 aromatic heterocycles. The maximum atomic E-state index is 12.6. The molecule has 0 aliphatic carbocycles. The van der Waals surface area contributed by atoms with Crippen LogP contribution in [-0.4, -0.2) is 47.5 Å². The second-order valence-electron chi connectivity index (χ2n) is 7.33. The Bertz CT molecular complexity index is 1250. The first-order valence-corrected chi connectivity index (χ1v) is 11.3. The summed E-state index contributed by atoms with van der Waals surface area (Å²) in [6.07, 6.45) is 0. The number of aromatic hydroxyl groups is 1. The van der Waals surface area contributed by atoms with Gasteiger partial charge in [-0.15, -0.1) is 11.8 Å². The minimum absolute atomic E-state index is 0.269. The fourth-order valence-corrected chi connectivity index (χ4v) is 3.95. The number of carbonyl (C=O) groups excluding carboxylic acids is 2. The van der Waals surface area contributed by atoms with E-state index in [0.717, 1.165) is 4.90 Å². The van der Waals surface area contributed by atoms with E-state index in [4.69, 9.17) is 14.6 Å². The summed E-state index contributed by atoms with van der Waals surface area (Å²) in [6.45, 7) is 1.71. The van der Waals surface area contributed by atoms with E-state index in [1.807, 2.05) is 0 Å². The number of carboxylic acid groups (broad SMARTS) is 1. The number of methoxy groups -OCH3 is 2. The van der Waals surface area contributed by atoms with E-state index in [1.54, 1.807) is 49.4 Å². The maximum Gasteiger partial charge on any atom is 0.339 e. The smallest absolute Gasteiger partial charge is 0.339 e. The predicted molar refractivity (Wildman–Crippen MR) is 133 cm³/mol. The molecule has 182 valence electrons. The number of carbonyl (C=O) groups is 3. The van der Waals surface area contributed by atoms with E-state index in [-0.39, 0.29) is 28.8 Å². The van der Waals surface area contributed by atoms with Crippen molar-refractivity contribution in [2.75, 3.05) is 24.9 Å². The van der Waals surface area contributed by atoms with Gasteiger partial charge in [0.05, 0.1) is 19.5 Å². The molecule has 1 unspecified atom stereocenters. The fraction of sp³-hybridized carbons (Fsp3) is 0.160. The molecule has 0 saturated carbocycles. The van der Waals surface area contributed by atoms with Crippen LogP contribution in [0.2, 0.25) is 0 Å². The van der Waals surface area contributed by atoms with E-state index in [9.17, 15) is 19.5 Å². The average molecular weight is 497 g/mol. The molecule has 0 spiro atoms. The number of benzene rings is 3. The monoisotopic (exact) mass is 496 g/mol. The Labute approximate surface area is 206 Å². The molecule has 4 N–H and O–H groups in total. The van der Waals surface area contributed by atoms with Crippen LogP contribution in [0.15, 0.2) is 65.6 Å². The number of thioether (sulfide) groups is 1. The SMILES string of the molecule is COc1ccc(C(=O)Nc2ccc(SC(C)C(=O)Nc3ccc(O)c(C(=O)O)c3)cc2)cc1OC. The molecule has 0 fully saturated rings. The molecule has 0 radical (unpaired) electrons. The molecule has 3 aromatic rings. The summed E-state index contributed by atoms with van der Waals surface area (Å²) in [5.41, 5.74) is 0.961. The van der Waals surface area contributed by atoms with Gasteiger partial charge in [0.1, 0.15) is 11.3 Å². The lowest BCUT2D eigenvalue weighted by molar-refractivity contribution is -0.115. The topological polar surface area (TPSA) is 134 Å². The van der Waals surface area contributed by atoms with Crippen molar-refractivity contribution in [2.24, 2.45) is 0 Å². The van der Waals surface area contributed by atoms with E-state index in [0.29, 0.717) is 22.7 Å². The van der Waals surface area contributed by atoms with Gasteiger partial charge < -0.3 is 30.3 Å². The van der Waals surface area contributed by atoms with E-state index < -0.39 is 11.2 Å². The van der Waals surface area contributed by atoms with Crippen LogP contribution in [0.5, 0.6) is 17.2 Å². The number of hydrogen-bond acceptors (Lipinski definition) is 7. The number of aromatic carboxylic acids is 1. The van der Waals surface area contributed by atoms with Gasteiger partial charge in [0.25, 0.3) is 5.91 Å². The highest BCUT2D eigenvalue weighted by atomic mass is 32.2. The molecule has 0 heterocycles. The first-order valence-electron chi connectivity index (χ1n) is 10.4. The molecule has 2 amide bonds. The average Bonchev–Trinajstić information content (AvgIpc) is 2.85. The number of hydrogen-bond donors (Lipinski definition) is 4. The van der Waals surface area contributed by atoms with Crippen LogP contribution in [0, 0.1) is 0 Å². The van der Waals surface area contributed by atoms with Crippen LogP contribution in [0.4, 0.5) is 11.4 Å². The summed E-state index contributed by atoms with van der Waals surface area (Å²) in [4.78, 5) is 37.1. The molecule has 0 bridgehead atoms. The summed E-state index contributed by atoms with van der Waals surface area (Å²) in [5.74, 6) is -1.34. The van der Waals surface area contributed by atoms with Gasteiger partial charge in [-0.3, -0.25) is 9.59 Å². The highest BCUT2D eigenvalue weighted by Gasteiger charge is 2.17. The Balaban J connectivity index is 1.60. The molecule has 3 aromatic carbocycles. The minimum atomic E-state index is -1.29. The van der Waals surface area contributed by atoms with Crippen LogP contribution in [-0.2, 0) is 4.79 Å². The van der Waals surface area contributed by atoms with Gasteiger partial charge in [0, 0.05) is 21.8 Å². The summed E-state index contributed by atoms with van der Waals surface area (Å²) in [6, 6.07) is 15.7. The lowest BCUT2D eigenvalue weighted by Crippen LogP contribution is -2.22. The van der Waals surface area contributed by atoms with Crippen LogP contribution in [0.3, 0.4) is 0 Å². The normalized spacial score (nSPS) is 11.3. The summed E-state index contributed by atoms with van der Waals surface area (Å²) < 4.78 is 10.4. The van der Waals surface area contributed by atoms with Gasteiger partial charge in [-0.1, -0.05) is 0 Å². The standard InChI is InChI=1S/C25H24N2O7S/c1-14(23(29)27-17-7-10-20(28)19(13-17)25(31)32)35-18-8-5-16(6-9-18)26-24(30)15-4-11-21(33-2)22(12-15)34-3/h4-14,28H,1-3H3,(H,26,30)(H,27,29)(H,31,32). The van der Waals surface area contributed by atoms with Crippen molar-refractivity contribution in [3.8, 4) is 17.2 Å². The zero-order valence-electron chi connectivity index (χ0n) is 19.2. The largest absolute Gasteiger partial charge is 0.507 e. The second-order valence-corrected chi connectivity index (χ2v) is 8.75. The fourth-order valence-electron chi connectivity index (χ4n) is 3.08. The van der Waals surface area contributed by atoms with Crippen LogP contribution >= 0.6 is 11.8 Å². The lowest BCUT2D eigenvalue weighted by atomic mass is 10.2. The van der Waals surface area contributed by atoms with E-state index in [2.05, 4.69) is 10.6 Å². The number of anilines is 2. The lowest BCUT2D eigenvalue weighted by Gasteiger charge is -2.13. The van der Waals surface area contributed by atoms with Crippen LogP contribution in [0.1, 0.15) is 27.6 Å². The molecule has 35 heavy (non-hydrogen) atoms. The van der Waals surface area contributed by atoms with Crippen LogP contribution < -0.4 is 20.1 Å². The maximum absolute atomic E-state index is 12.6. The summed E-state index contributed by atoms with van der Waals surface area (Å²) >= 11 is 1.30. The van der Waals surface area contributed by atoms with Gasteiger partial charge in [-0.25, -0.2) is 4.79 Å². The van der Waals surface area contributed by atoms with Crippen molar-refractivity contribution in [3.63, 3.8) is 0 Å². The van der Waals surface area contributed by atoms with E-state index >= 15 is 0 Å². The Morgan fingerprint density at radius 2 is 1.51 bits per heavy atom. The Morgan fingerprint density at radius 3 is 2.14 bits per heavy atom. The molecule has 0 saturated heterocycles. The number of ether oxygens (including phenoxy) is 2.